The van der Waals surface area contributed by atoms with E-state index in [1.165, 1.54) is 7.11 Å². The average molecular weight is 667 g/mol. The number of amides is 2. The van der Waals surface area contributed by atoms with Crippen LogP contribution < -0.4 is 16.0 Å². The molecule has 12 nitrogen and oxygen atoms in total. The first-order chi connectivity index (χ1) is 22.3. The molecule has 0 radical (unpaired) electrons. The number of aliphatic hydroxyl groups is 3. The van der Waals surface area contributed by atoms with E-state index in [0.717, 1.165) is 24.8 Å². The summed E-state index contributed by atoms with van der Waals surface area (Å²) in [6.07, 6.45) is -1.18. The van der Waals surface area contributed by atoms with Gasteiger partial charge in [0, 0.05) is 57.6 Å². The fourth-order valence-corrected chi connectivity index (χ4v) is 6.73. The van der Waals surface area contributed by atoms with E-state index in [4.69, 9.17) is 14.2 Å². The summed E-state index contributed by atoms with van der Waals surface area (Å²) in [5, 5.41) is 42.4. The quantitative estimate of drug-likeness (QED) is 0.114. The number of likely N-dealkylation sites (tertiary alicyclic amines) is 1. The summed E-state index contributed by atoms with van der Waals surface area (Å²) in [7, 11) is 4.51. The molecule has 1 aliphatic rings. The molecule has 1 aromatic rings. The zero-order valence-corrected chi connectivity index (χ0v) is 29.9. The van der Waals surface area contributed by atoms with Gasteiger partial charge in [-0.25, -0.2) is 4.79 Å². The molecule has 6 N–H and O–H groups in total. The molecule has 0 unspecified atom stereocenters. The summed E-state index contributed by atoms with van der Waals surface area (Å²) in [6.45, 7) is 12.6. The highest BCUT2D eigenvalue weighted by Gasteiger charge is 2.42. The van der Waals surface area contributed by atoms with E-state index < -0.39 is 42.8 Å². The van der Waals surface area contributed by atoms with Crippen molar-refractivity contribution in [3.05, 3.63) is 35.9 Å². The van der Waals surface area contributed by atoms with Crippen LogP contribution in [0.1, 0.15) is 78.9 Å². The minimum absolute atomic E-state index is 0.101. The fourth-order valence-electron chi connectivity index (χ4n) is 6.73. The number of carbonyl (C=O) groups is 2. The minimum atomic E-state index is -0.957. The number of carbonyl (C=O) groups excluding carboxylic acids is 2. The molecule has 2 amide bonds. The van der Waals surface area contributed by atoms with Crippen LogP contribution in [0.3, 0.4) is 0 Å². The number of aliphatic hydroxyl groups excluding tert-OH is 3. The number of rotatable bonds is 20. The van der Waals surface area contributed by atoms with Crippen LogP contribution in [0.25, 0.3) is 0 Å². The van der Waals surface area contributed by atoms with Crippen LogP contribution in [-0.2, 0) is 19.0 Å². The molecular formula is C35H62N4O8. The normalized spacial score (nSPS) is 21.9. The molecule has 0 bridgehead atoms. The molecule has 0 saturated carbocycles. The maximum Gasteiger partial charge on any atom is 0.407 e. The van der Waals surface area contributed by atoms with Crippen LogP contribution >= 0.6 is 0 Å². The summed E-state index contributed by atoms with van der Waals surface area (Å²) in [4.78, 5) is 27.0. The molecule has 0 aliphatic carbocycles. The first kappa shape index (κ1) is 40.9. The molecule has 0 spiro atoms. The van der Waals surface area contributed by atoms with Crippen molar-refractivity contribution in [1.82, 2.24) is 20.9 Å². The zero-order valence-electron chi connectivity index (χ0n) is 29.9. The maximum absolute atomic E-state index is 13.1. The Morgan fingerprint density at radius 1 is 1.00 bits per heavy atom. The van der Waals surface area contributed by atoms with Gasteiger partial charge in [-0.3, -0.25) is 15.0 Å². The number of hydrogen-bond acceptors (Lipinski definition) is 10. The Kier molecular flexibility index (Phi) is 17.6. The zero-order chi connectivity index (χ0) is 35.3. The third-order valence-electron chi connectivity index (χ3n) is 9.96. The molecule has 1 saturated heterocycles. The van der Waals surface area contributed by atoms with Crippen LogP contribution in [0, 0.1) is 23.7 Å². The Labute approximate surface area is 281 Å². The number of alkyl carbamates (subject to hydrolysis) is 1. The van der Waals surface area contributed by atoms with E-state index in [-0.39, 0.29) is 41.7 Å². The van der Waals surface area contributed by atoms with E-state index >= 15 is 0 Å². The number of nitrogens with one attached hydrogen (secondary N) is 3. The molecule has 1 heterocycles. The second-order valence-electron chi connectivity index (χ2n) is 13.4. The lowest BCUT2D eigenvalue weighted by Gasteiger charge is -2.40. The Bertz CT molecular complexity index is 1050. The first-order valence-corrected chi connectivity index (χ1v) is 17.1. The summed E-state index contributed by atoms with van der Waals surface area (Å²) in [6, 6.07) is 8.03. The fraction of sp³-hybridized carbons (Fsp3) is 0.771. The highest BCUT2D eigenvalue weighted by atomic mass is 16.5. The molecule has 1 aromatic carbocycles. The molecule has 47 heavy (non-hydrogen) atoms. The van der Waals surface area contributed by atoms with Gasteiger partial charge in [0.2, 0.25) is 5.91 Å². The topological polar surface area (TPSA) is 162 Å². The van der Waals surface area contributed by atoms with Gasteiger partial charge in [0.25, 0.3) is 0 Å². The standard InChI is InChI=1S/C35H62N4O8/c1-10-22(4)26(20-36-34(43)30(21(2)3)38-35(44)47-9)28(45-7)19-29(40)39-18-14-17-27(39)32(46-8)23(5)33(42)37-24(6)31(41)25-15-12-11-13-16-25/h11-13,15-16,21-24,26-33,37,40-42H,10,14,17-20H2,1-9H3,(H,36,43)(H,38,44)/t22-,23+,24+,26+,27-,28+,29-,30-,31+,32+,33+/m0/s1. The van der Waals surface area contributed by atoms with Gasteiger partial charge in [-0.2, -0.15) is 0 Å². The summed E-state index contributed by atoms with van der Waals surface area (Å²) < 4.78 is 16.6. The minimum Gasteiger partial charge on any atom is -0.453 e. The van der Waals surface area contributed by atoms with Crippen molar-refractivity contribution in [2.24, 2.45) is 23.7 Å². The van der Waals surface area contributed by atoms with Crippen LogP contribution in [0.15, 0.2) is 30.3 Å². The highest BCUT2D eigenvalue weighted by Crippen LogP contribution is 2.32. The maximum atomic E-state index is 13.1. The van der Waals surface area contributed by atoms with Crippen molar-refractivity contribution in [2.45, 2.75) is 116 Å². The average Bonchev–Trinajstić information content (AvgIpc) is 3.55. The van der Waals surface area contributed by atoms with Crippen LogP contribution in [0.4, 0.5) is 4.79 Å². The number of nitrogens with zero attached hydrogens (tertiary/aromatic N) is 1. The van der Waals surface area contributed by atoms with Gasteiger partial charge in [0.1, 0.15) is 18.5 Å². The van der Waals surface area contributed by atoms with Gasteiger partial charge in [-0.05, 0) is 37.2 Å². The van der Waals surface area contributed by atoms with Crippen molar-refractivity contribution in [1.29, 1.82) is 0 Å². The molecule has 2 rings (SSSR count). The summed E-state index contributed by atoms with van der Waals surface area (Å²) >= 11 is 0. The lowest BCUT2D eigenvalue weighted by molar-refractivity contribution is -0.125. The molecule has 1 aliphatic heterocycles. The molecule has 1 fully saturated rings. The lowest BCUT2D eigenvalue weighted by Crippen LogP contribution is -2.54. The molecular weight excluding hydrogens is 604 g/mol. The Morgan fingerprint density at radius 3 is 2.21 bits per heavy atom. The third-order valence-corrected chi connectivity index (χ3v) is 9.96. The van der Waals surface area contributed by atoms with E-state index in [1.54, 1.807) is 14.2 Å². The van der Waals surface area contributed by atoms with Gasteiger partial charge in [-0.15, -0.1) is 0 Å². The predicted octanol–water partition coefficient (Wildman–Crippen LogP) is 3.01. The smallest absolute Gasteiger partial charge is 0.407 e. The summed E-state index contributed by atoms with van der Waals surface area (Å²) in [5.74, 6) is -0.726. The second kappa shape index (κ2) is 20.3. The van der Waals surface area contributed by atoms with Crippen molar-refractivity contribution < 1.29 is 39.1 Å². The monoisotopic (exact) mass is 666 g/mol. The molecule has 270 valence electrons. The number of ether oxygens (including phenoxy) is 3. The number of benzene rings is 1. The molecule has 12 heteroatoms. The number of hydrogen-bond donors (Lipinski definition) is 6. The predicted molar refractivity (Wildman–Crippen MR) is 181 cm³/mol. The van der Waals surface area contributed by atoms with E-state index in [1.807, 2.05) is 62.9 Å². The largest absolute Gasteiger partial charge is 0.453 e. The third kappa shape index (κ3) is 11.7. The van der Waals surface area contributed by atoms with Crippen LogP contribution in [0.2, 0.25) is 0 Å². The van der Waals surface area contributed by atoms with Gasteiger partial charge in [-0.1, -0.05) is 71.4 Å². The van der Waals surface area contributed by atoms with E-state index in [2.05, 4.69) is 29.8 Å². The lowest BCUT2D eigenvalue weighted by atomic mass is 9.84. The SMILES string of the molecule is CC[C@H](C)[C@@H](CNC(=O)[C@@H](NC(=O)OC)C(C)C)[C@@H](C[C@H](O)N1CCC[C@H]1[C@H](OC)[C@@H](C)[C@@H](O)N[C@H](C)[C@@H](O)c1ccccc1)OC. The van der Waals surface area contributed by atoms with Gasteiger partial charge in [0.15, 0.2) is 0 Å². The van der Waals surface area contributed by atoms with Crippen LogP contribution in [-0.4, -0.2) is 109 Å². The van der Waals surface area contributed by atoms with Gasteiger partial charge in [0.05, 0.1) is 25.4 Å². The van der Waals surface area contributed by atoms with Gasteiger partial charge >= 0.3 is 6.09 Å². The first-order valence-electron chi connectivity index (χ1n) is 17.1. The van der Waals surface area contributed by atoms with Crippen molar-refractivity contribution in [3.63, 3.8) is 0 Å². The van der Waals surface area contributed by atoms with Gasteiger partial charge < -0.3 is 40.2 Å². The molecule has 11 atom stereocenters. The molecule has 0 aromatic heterocycles. The Hall–Kier alpha value is -2.32. The Balaban J connectivity index is 2.11. The Morgan fingerprint density at radius 2 is 1.66 bits per heavy atom. The van der Waals surface area contributed by atoms with Crippen molar-refractivity contribution >= 4 is 12.0 Å². The van der Waals surface area contributed by atoms with Crippen molar-refractivity contribution in [2.75, 3.05) is 34.4 Å². The van der Waals surface area contributed by atoms with E-state index in [9.17, 15) is 24.9 Å². The summed E-state index contributed by atoms with van der Waals surface area (Å²) in [5.41, 5.74) is 0.765. The van der Waals surface area contributed by atoms with E-state index in [0.29, 0.717) is 19.5 Å². The van der Waals surface area contributed by atoms with Crippen LogP contribution in [0.5, 0.6) is 0 Å². The second-order valence-corrected chi connectivity index (χ2v) is 13.4. The highest BCUT2D eigenvalue weighted by molar-refractivity contribution is 5.85. The number of methoxy groups -OCH3 is 3. The van der Waals surface area contributed by atoms with Crippen molar-refractivity contribution in [3.8, 4) is 0 Å².